The summed E-state index contributed by atoms with van der Waals surface area (Å²) in [6.07, 6.45) is 5.01. The van der Waals surface area contributed by atoms with E-state index in [0.717, 1.165) is 25.7 Å². The minimum absolute atomic E-state index is 0.275. The molecule has 0 heterocycles. The third-order valence-corrected chi connectivity index (χ3v) is 3.52. The first-order chi connectivity index (χ1) is 7.08. The van der Waals surface area contributed by atoms with E-state index in [9.17, 15) is 9.59 Å². The number of halogens is 1. The van der Waals surface area contributed by atoms with Crippen molar-refractivity contribution in [1.82, 2.24) is 5.48 Å². The summed E-state index contributed by atoms with van der Waals surface area (Å²) in [4.78, 5) is 27.4. The van der Waals surface area contributed by atoms with E-state index < -0.39 is 5.41 Å². The van der Waals surface area contributed by atoms with Crippen LogP contribution in [-0.2, 0) is 14.4 Å². The Bertz CT molecular complexity index is 249. The summed E-state index contributed by atoms with van der Waals surface area (Å²) < 4.78 is 0.293. The highest BCUT2D eigenvalue weighted by atomic mass is 127. The summed E-state index contributed by atoms with van der Waals surface area (Å²) in [6, 6.07) is 0. The lowest BCUT2D eigenvalue weighted by Gasteiger charge is -2.30. The van der Waals surface area contributed by atoms with Crippen molar-refractivity contribution in [2.75, 3.05) is 4.43 Å². The fourth-order valence-electron chi connectivity index (χ4n) is 1.79. The molecule has 4 nitrogen and oxygen atoms in total. The van der Waals surface area contributed by atoms with Gasteiger partial charge in [0.15, 0.2) is 0 Å². The molecule has 1 rings (SSSR count). The van der Waals surface area contributed by atoms with Crippen LogP contribution in [0.25, 0.3) is 0 Å². The molecule has 1 amide bonds. The van der Waals surface area contributed by atoms with Gasteiger partial charge in [-0.25, -0.2) is 4.79 Å². The number of rotatable bonds is 2. The highest BCUT2D eigenvalue weighted by molar-refractivity contribution is 14.1. The predicted molar refractivity (Wildman–Crippen MR) is 64.3 cm³/mol. The summed E-state index contributed by atoms with van der Waals surface area (Å²) in [5.41, 5.74) is 1.75. The fourth-order valence-corrected chi connectivity index (χ4v) is 1.95. The van der Waals surface area contributed by atoms with Crippen molar-refractivity contribution in [2.45, 2.75) is 39.0 Å². The van der Waals surface area contributed by atoms with Crippen molar-refractivity contribution in [3.8, 4) is 0 Å². The Balaban J connectivity index is 2.41. The van der Waals surface area contributed by atoms with Crippen LogP contribution in [0.4, 0.5) is 0 Å². The molecule has 1 fully saturated rings. The van der Waals surface area contributed by atoms with Crippen LogP contribution in [0.3, 0.4) is 0 Å². The molecule has 0 aromatic rings. The van der Waals surface area contributed by atoms with Gasteiger partial charge in [-0.1, -0.05) is 41.9 Å². The zero-order valence-electron chi connectivity index (χ0n) is 8.85. The number of alkyl halides is 1. The molecule has 0 spiro atoms. The van der Waals surface area contributed by atoms with Crippen molar-refractivity contribution in [3.63, 3.8) is 0 Å². The van der Waals surface area contributed by atoms with Gasteiger partial charge in [0.1, 0.15) is 0 Å². The van der Waals surface area contributed by atoms with E-state index in [0.29, 0.717) is 4.43 Å². The van der Waals surface area contributed by atoms with Gasteiger partial charge in [0.2, 0.25) is 0 Å². The molecule has 0 bridgehead atoms. The van der Waals surface area contributed by atoms with Crippen molar-refractivity contribution in [3.05, 3.63) is 0 Å². The Morgan fingerprint density at radius 1 is 1.33 bits per heavy atom. The van der Waals surface area contributed by atoms with Crippen LogP contribution in [0.15, 0.2) is 0 Å². The molecule has 0 saturated heterocycles. The SMILES string of the molecule is CC1(C(=O)ONC(=O)CI)CCCCC1. The summed E-state index contributed by atoms with van der Waals surface area (Å²) in [5, 5.41) is 0. The van der Waals surface area contributed by atoms with Crippen LogP contribution in [0, 0.1) is 5.41 Å². The third kappa shape index (κ3) is 3.62. The fraction of sp³-hybridized carbons (Fsp3) is 0.800. The molecule has 0 aromatic carbocycles. The smallest absolute Gasteiger partial charge is 0.338 e. The number of amides is 1. The Hall–Kier alpha value is -0.330. The van der Waals surface area contributed by atoms with Gasteiger partial charge in [-0.15, -0.1) is 0 Å². The minimum atomic E-state index is -0.406. The number of hydrogen-bond donors (Lipinski definition) is 1. The summed E-state index contributed by atoms with van der Waals surface area (Å²) in [6.45, 7) is 1.91. The average Bonchev–Trinajstić information content (AvgIpc) is 2.26. The van der Waals surface area contributed by atoms with E-state index in [-0.39, 0.29) is 11.9 Å². The molecule has 0 radical (unpaired) electrons. The first-order valence-corrected chi connectivity index (χ1v) is 6.67. The molecular weight excluding hydrogens is 309 g/mol. The third-order valence-electron chi connectivity index (χ3n) is 2.83. The van der Waals surface area contributed by atoms with Gasteiger partial charge in [-0.05, 0) is 19.8 Å². The maximum absolute atomic E-state index is 11.7. The summed E-state index contributed by atoms with van der Waals surface area (Å²) in [7, 11) is 0. The van der Waals surface area contributed by atoms with Gasteiger partial charge in [0.05, 0.1) is 9.84 Å². The van der Waals surface area contributed by atoms with E-state index in [2.05, 4.69) is 5.48 Å². The second-order valence-electron chi connectivity index (χ2n) is 4.17. The summed E-state index contributed by atoms with van der Waals surface area (Å²) in [5.74, 6) is -0.580. The van der Waals surface area contributed by atoms with E-state index in [1.54, 1.807) is 0 Å². The molecule has 86 valence electrons. The minimum Gasteiger partial charge on any atom is -0.340 e. The average molecular weight is 325 g/mol. The molecule has 0 atom stereocenters. The molecule has 1 N–H and O–H groups in total. The predicted octanol–water partition coefficient (Wildman–Crippen LogP) is 1.97. The van der Waals surface area contributed by atoms with Crippen LogP contribution >= 0.6 is 22.6 Å². The van der Waals surface area contributed by atoms with Gasteiger partial charge in [-0.3, -0.25) is 4.79 Å². The summed E-state index contributed by atoms with van der Waals surface area (Å²) >= 11 is 1.91. The lowest BCUT2D eigenvalue weighted by Crippen LogP contribution is -2.37. The molecular formula is C10H16INO3. The number of nitrogens with one attached hydrogen (secondary N) is 1. The number of carbonyl (C=O) groups excluding carboxylic acids is 2. The highest BCUT2D eigenvalue weighted by Crippen LogP contribution is 2.36. The highest BCUT2D eigenvalue weighted by Gasteiger charge is 2.36. The quantitative estimate of drug-likeness (QED) is 0.480. The second-order valence-corrected chi connectivity index (χ2v) is 4.93. The molecule has 1 aliphatic carbocycles. The van der Waals surface area contributed by atoms with Gasteiger partial charge < -0.3 is 4.84 Å². The van der Waals surface area contributed by atoms with E-state index >= 15 is 0 Å². The second kappa shape index (κ2) is 5.67. The molecule has 0 aromatic heterocycles. The maximum atomic E-state index is 11.7. The molecule has 0 aliphatic heterocycles. The molecule has 0 unspecified atom stereocenters. The molecule has 1 saturated carbocycles. The largest absolute Gasteiger partial charge is 0.340 e. The Morgan fingerprint density at radius 3 is 2.47 bits per heavy atom. The first kappa shape index (κ1) is 12.7. The van der Waals surface area contributed by atoms with Gasteiger partial charge in [-0.2, -0.15) is 5.48 Å². The van der Waals surface area contributed by atoms with E-state index in [1.165, 1.54) is 6.42 Å². The van der Waals surface area contributed by atoms with Crippen molar-refractivity contribution >= 4 is 34.5 Å². The monoisotopic (exact) mass is 325 g/mol. The molecule has 1 aliphatic rings. The Labute approximate surface area is 103 Å². The van der Waals surface area contributed by atoms with E-state index in [4.69, 9.17) is 4.84 Å². The lowest BCUT2D eigenvalue weighted by molar-refractivity contribution is -0.168. The first-order valence-electron chi connectivity index (χ1n) is 5.14. The van der Waals surface area contributed by atoms with E-state index in [1.807, 2.05) is 29.5 Å². The zero-order chi connectivity index (χ0) is 11.3. The van der Waals surface area contributed by atoms with Crippen LogP contribution in [0.5, 0.6) is 0 Å². The zero-order valence-corrected chi connectivity index (χ0v) is 11.0. The molecule has 15 heavy (non-hydrogen) atoms. The molecule has 5 heteroatoms. The van der Waals surface area contributed by atoms with Crippen LogP contribution < -0.4 is 5.48 Å². The number of hydroxylamine groups is 1. The maximum Gasteiger partial charge on any atom is 0.338 e. The number of carbonyl (C=O) groups is 2. The van der Waals surface area contributed by atoms with Crippen LogP contribution in [-0.4, -0.2) is 16.3 Å². The standard InChI is InChI=1S/C10H16INO3/c1-10(5-3-2-4-6-10)9(14)15-12-8(13)7-11/h2-7H2,1H3,(H,12,13). The van der Waals surface area contributed by atoms with Crippen LogP contribution in [0.2, 0.25) is 0 Å². The Kier molecular flexibility index (Phi) is 4.82. The van der Waals surface area contributed by atoms with Crippen molar-refractivity contribution in [1.29, 1.82) is 0 Å². The van der Waals surface area contributed by atoms with Crippen LogP contribution in [0.1, 0.15) is 39.0 Å². The van der Waals surface area contributed by atoms with Crippen molar-refractivity contribution in [2.24, 2.45) is 5.41 Å². The van der Waals surface area contributed by atoms with Gasteiger partial charge in [0.25, 0.3) is 5.91 Å². The normalized spacial score (nSPS) is 19.3. The van der Waals surface area contributed by atoms with Crippen molar-refractivity contribution < 1.29 is 14.4 Å². The Morgan fingerprint density at radius 2 is 1.93 bits per heavy atom. The van der Waals surface area contributed by atoms with Gasteiger partial charge >= 0.3 is 5.97 Å². The van der Waals surface area contributed by atoms with Gasteiger partial charge in [0, 0.05) is 0 Å². The number of hydrogen-bond acceptors (Lipinski definition) is 3. The lowest BCUT2D eigenvalue weighted by atomic mass is 9.76. The topological polar surface area (TPSA) is 55.4 Å².